The lowest BCUT2D eigenvalue weighted by Crippen LogP contribution is -2.21. The SMILES string of the molecule is CCN(CC)c1ccc2c(Oc3cccc(N(C)C)c3)cccc2c1. The zero-order chi connectivity index (χ0) is 17.8. The molecule has 0 spiro atoms. The Morgan fingerprint density at radius 1 is 0.800 bits per heavy atom. The standard InChI is InChI=1S/C22H26N2O/c1-5-24(6-2)19-13-14-21-17(15-19)9-7-12-22(21)25-20-11-8-10-18(16-20)23(3)4/h7-16H,5-6H2,1-4H3. The third-order valence-electron chi connectivity index (χ3n) is 4.51. The van der Waals surface area contributed by atoms with Gasteiger partial charge in [-0.3, -0.25) is 0 Å². The molecule has 25 heavy (non-hydrogen) atoms. The Balaban J connectivity index is 1.96. The third-order valence-corrected chi connectivity index (χ3v) is 4.51. The first-order chi connectivity index (χ1) is 12.1. The van der Waals surface area contributed by atoms with Crippen LogP contribution in [0.2, 0.25) is 0 Å². The number of ether oxygens (including phenoxy) is 1. The fourth-order valence-corrected chi connectivity index (χ4v) is 3.07. The quantitative estimate of drug-likeness (QED) is 0.588. The average molecular weight is 334 g/mol. The van der Waals surface area contributed by atoms with E-state index in [2.05, 4.69) is 66.1 Å². The van der Waals surface area contributed by atoms with Crippen LogP contribution in [0.5, 0.6) is 11.5 Å². The molecule has 0 atom stereocenters. The van der Waals surface area contributed by atoms with Gasteiger partial charge in [-0.05, 0) is 55.6 Å². The van der Waals surface area contributed by atoms with E-state index in [9.17, 15) is 0 Å². The lowest BCUT2D eigenvalue weighted by Gasteiger charge is -2.21. The van der Waals surface area contributed by atoms with E-state index in [1.165, 1.54) is 11.1 Å². The fraction of sp³-hybridized carbons (Fsp3) is 0.273. The number of fused-ring (bicyclic) bond motifs is 1. The van der Waals surface area contributed by atoms with Crippen molar-refractivity contribution in [3.63, 3.8) is 0 Å². The van der Waals surface area contributed by atoms with Crippen molar-refractivity contribution in [2.75, 3.05) is 37.0 Å². The van der Waals surface area contributed by atoms with Crippen molar-refractivity contribution in [1.82, 2.24) is 0 Å². The van der Waals surface area contributed by atoms with Gasteiger partial charge in [0, 0.05) is 50.0 Å². The molecule has 3 rings (SSSR count). The molecule has 0 bridgehead atoms. The lowest BCUT2D eigenvalue weighted by molar-refractivity contribution is 0.488. The van der Waals surface area contributed by atoms with Crippen LogP contribution in [0.25, 0.3) is 10.8 Å². The summed E-state index contributed by atoms with van der Waals surface area (Å²) in [6, 6.07) is 21.0. The number of hydrogen-bond donors (Lipinski definition) is 0. The molecule has 3 aromatic carbocycles. The first-order valence-electron chi connectivity index (χ1n) is 8.85. The van der Waals surface area contributed by atoms with Gasteiger partial charge in [-0.2, -0.15) is 0 Å². The Kier molecular flexibility index (Phi) is 5.13. The summed E-state index contributed by atoms with van der Waals surface area (Å²) in [6.45, 7) is 6.39. The molecular formula is C22H26N2O. The molecule has 0 aliphatic rings. The van der Waals surface area contributed by atoms with Crippen LogP contribution in [0.15, 0.2) is 60.7 Å². The van der Waals surface area contributed by atoms with Crippen molar-refractivity contribution < 1.29 is 4.74 Å². The van der Waals surface area contributed by atoms with Gasteiger partial charge in [0.05, 0.1) is 0 Å². The number of hydrogen-bond acceptors (Lipinski definition) is 3. The van der Waals surface area contributed by atoms with E-state index in [0.717, 1.165) is 35.7 Å². The van der Waals surface area contributed by atoms with Crippen molar-refractivity contribution >= 4 is 22.1 Å². The number of benzene rings is 3. The minimum absolute atomic E-state index is 0.853. The van der Waals surface area contributed by atoms with Crippen LogP contribution in [-0.2, 0) is 0 Å². The Morgan fingerprint density at radius 2 is 1.56 bits per heavy atom. The van der Waals surface area contributed by atoms with Crippen LogP contribution in [0.4, 0.5) is 11.4 Å². The van der Waals surface area contributed by atoms with Gasteiger partial charge in [0.1, 0.15) is 11.5 Å². The molecule has 3 heteroatoms. The maximum Gasteiger partial charge on any atom is 0.135 e. The van der Waals surface area contributed by atoms with Crippen LogP contribution in [-0.4, -0.2) is 27.2 Å². The highest BCUT2D eigenvalue weighted by Gasteiger charge is 2.08. The van der Waals surface area contributed by atoms with E-state index in [-0.39, 0.29) is 0 Å². The summed E-state index contributed by atoms with van der Waals surface area (Å²) < 4.78 is 6.20. The molecule has 0 aliphatic heterocycles. The molecule has 0 aromatic heterocycles. The Labute approximate surface area is 150 Å². The van der Waals surface area contributed by atoms with Gasteiger partial charge in [0.2, 0.25) is 0 Å². The van der Waals surface area contributed by atoms with E-state index in [4.69, 9.17) is 4.74 Å². The summed E-state index contributed by atoms with van der Waals surface area (Å²) in [5.74, 6) is 1.74. The van der Waals surface area contributed by atoms with Crippen molar-refractivity contribution in [1.29, 1.82) is 0 Å². The zero-order valence-corrected chi connectivity index (χ0v) is 15.5. The highest BCUT2D eigenvalue weighted by molar-refractivity contribution is 5.91. The normalized spacial score (nSPS) is 10.7. The summed E-state index contributed by atoms with van der Waals surface area (Å²) in [5, 5.41) is 2.33. The predicted octanol–water partition coefficient (Wildman–Crippen LogP) is 5.54. The van der Waals surface area contributed by atoms with Crippen LogP contribution in [0.3, 0.4) is 0 Å². The minimum atomic E-state index is 0.853. The second kappa shape index (κ2) is 7.47. The van der Waals surface area contributed by atoms with Crippen LogP contribution < -0.4 is 14.5 Å². The van der Waals surface area contributed by atoms with Gasteiger partial charge in [-0.25, -0.2) is 0 Å². The predicted molar refractivity (Wildman–Crippen MR) is 108 cm³/mol. The highest BCUT2D eigenvalue weighted by Crippen LogP contribution is 2.33. The van der Waals surface area contributed by atoms with Crippen molar-refractivity contribution in [3.8, 4) is 11.5 Å². The van der Waals surface area contributed by atoms with Gasteiger partial charge in [-0.15, -0.1) is 0 Å². The summed E-state index contributed by atoms with van der Waals surface area (Å²) >= 11 is 0. The molecule has 0 aliphatic carbocycles. The zero-order valence-electron chi connectivity index (χ0n) is 15.5. The fourth-order valence-electron chi connectivity index (χ4n) is 3.07. The highest BCUT2D eigenvalue weighted by atomic mass is 16.5. The number of anilines is 2. The largest absolute Gasteiger partial charge is 0.457 e. The van der Waals surface area contributed by atoms with Crippen molar-refractivity contribution in [2.45, 2.75) is 13.8 Å². The Morgan fingerprint density at radius 3 is 2.28 bits per heavy atom. The minimum Gasteiger partial charge on any atom is -0.457 e. The first kappa shape index (κ1) is 17.2. The van der Waals surface area contributed by atoms with E-state index in [1.54, 1.807) is 0 Å². The Bertz CT molecular complexity index is 854. The van der Waals surface area contributed by atoms with Gasteiger partial charge in [0.15, 0.2) is 0 Å². The molecule has 0 unspecified atom stereocenters. The van der Waals surface area contributed by atoms with Crippen LogP contribution in [0.1, 0.15) is 13.8 Å². The smallest absolute Gasteiger partial charge is 0.135 e. The van der Waals surface area contributed by atoms with Crippen LogP contribution >= 0.6 is 0 Å². The molecule has 3 aromatic rings. The summed E-state index contributed by atoms with van der Waals surface area (Å²) in [6.07, 6.45) is 0. The molecule has 0 heterocycles. The van der Waals surface area contributed by atoms with Crippen LogP contribution in [0, 0.1) is 0 Å². The van der Waals surface area contributed by atoms with E-state index in [1.807, 2.05) is 32.3 Å². The molecule has 3 nitrogen and oxygen atoms in total. The van der Waals surface area contributed by atoms with Crippen molar-refractivity contribution in [3.05, 3.63) is 60.7 Å². The average Bonchev–Trinajstić information content (AvgIpc) is 2.63. The van der Waals surface area contributed by atoms with Gasteiger partial charge >= 0.3 is 0 Å². The topological polar surface area (TPSA) is 15.7 Å². The van der Waals surface area contributed by atoms with Gasteiger partial charge < -0.3 is 14.5 Å². The summed E-state index contributed by atoms with van der Waals surface area (Å²) in [7, 11) is 4.07. The van der Waals surface area contributed by atoms with E-state index < -0.39 is 0 Å². The molecule has 0 fully saturated rings. The Hall–Kier alpha value is -2.68. The van der Waals surface area contributed by atoms with E-state index >= 15 is 0 Å². The van der Waals surface area contributed by atoms with Crippen molar-refractivity contribution in [2.24, 2.45) is 0 Å². The van der Waals surface area contributed by atoms with E-state index in [0.29, 0.717) is 0 Å². The number of rotatable bonds is 6. The first-order valence-corrected chi connectivity index (χ1v) is 8.85. The molecule has 130 valence electrons. The maximum absolute atomic E-state index is 6.20. The maximum atomic E-state index is 6.20. The van der Waals surface area contributed by atoms with Gasteiger partial charge in [0.25, 0.3) is 0 Å². The third kappa shape index (κ3) is 3.71. The second-order valence-electron chi connectivity index (χ2n) is 6.33. The monoisotopic (exact) mass is 334 g/mol. The van der Waals surface area contributed by atoms with Gasteiger partial charge in [-0.1, -0.05) is 18.2 Å². The molecule has 0 N–H and O–H groups in total. The second-order valence-corrected chi connectivity index (χ2v) is 6.33. The molecule has 0 amide bonds. The molecule has 0 saturated heterocycles. The summed E-state index contributed by atoms with van der Waals surface area (Å²) in [4.78, 5) is 4.43. The lowest BCUT2D eigenvalue weighted by atomic mass is 10.1. The number of nitrogens with zero attached hydrogens (tertiary/aromatic N) is 2. The summed E-state index contributed by atoms with van der Waals surface area (Å²) in [5.41, 5.74) is 2.38. The molecule has 0 saturated carbocycles. The molecule has 0 radical (unpaired) electrons. The molecular weight excluding hydrogens is 308 g/mol.